The molecule has 0 bridgehead atoms. The quantitative estimate of drug-likeness (QED) is 0.741. The summed E-state index contributed by atoms with van der Waals surface area (Å²) in [5.41, 5.74) is 1.00. The minimum atomic E-state index is 0.808. The fraction of sp³-hybridized carbons (Fsp3) is 0.400. The zero-order valence-corrected chi connectivity index (χ0v) is 7.76. The lowest BCUT2D eigenvalue weighted by atomic mass is 10.3. The van der Waals surface area contributed by atoms with Gasteiger partial charge in [0.2, 0.25) is 0 Å². The monoisotopic (exact) mass is 189 g/mol. The van der Waals surface area contributed by atoms with E-state index in [4.69, 9.17) is 4.42 Å². The highest BCUT2D eigenvalue weighted by atomic mass is 16.3. The van der Waals surface area contributed by atoms with Gasteiger partial charge in [0.1, 0.15) is 12.6 Å². The van der Waals surface area contributed by atoms with Crippen molar-refractivity contribution in [2.75, 3.05) is 0 Å². The summed E-state index contributed by atoms with van der Waals surface area (Å²) < 4.78 is 6.99. The van der Waals surface area contributed by atoms with Crippen LogP contribution >= 0.6 is 0 Å². The number of hydrogen-bond acceptors (Lipinski definition) is 3. The van der Waals surface area contributed by atoms with Gasteiger partial charge in [-0.3, -0.25) is 0 Å². The lowest BCUT2D eigenvalue weighted by Crippen LogP contribution is -2.03. The molecular weight excluding hydrogens is 178 g/mol. The molecule has 14 heavy (non-hydrogen) atoms. The van der Waals surface area contributed by atoms with Crippen molar-refractivity contribution >= 4 is 0 Å². The second-order valence-electron chi connectivity index (χ2n) is 3.72. The molecule has 0 atom stereocenters. The van der Waals surface area contributed by atoms with E-state index in [0.29, 0.717) is 0 Å². The van der Waals surface area contributed by atoms with Gasteiger partial charge in [-0.05, 0) is 24.8 Å². The smallest absolute Gasteiger partial charge is 0.161 e. The Labute approximate surface area is 81.6 Å². The van der Waals surface area contributed by atoms with E-state index in [-0.39, 0.29) is 0 Å². The molecule has 0 amide bonds. The lowest BCUT2D eigenvalue weighted by Gasteiger charge is -2.01. The molecule has 0 saturated heterocycles. The van der Waals surface area contributed by atoms with Crippen LogP contribution in [0.5, 0.6) is 0 Å². The Bertz CT molecular complexity index is 414. The molecule has 1 aliphatic rings. The van der Waals surface area contributed by atoms with Gasteiger partial charge in [-0.25, -0.2) is 9.67 Å². The van der Waals surface area contributed by atoms with E-state index in [2.05, 4.69) is 10.1 Å². The number of nitrogens with zero attached hydrogens (tertiary/aromatic N) is 3. The molecule has 0 N–H and O–H groups in total. The molecule has 0 aliphatic heterocycles. The number of furan rings is 1. The molecule has 1 fully saturated rings. The predicted octanol–water partition coefficient (Wildman–Crippen LogP) is 1.95. The normalized spacial score (nSPS) is 16.0. The van der Waals surface area contributed by atoms with Crippen molar-refractivity contribution in [1.82, 2.24) is 14.8 Å². The lowest BCUT2D eigenvalue weighted by molar-refractivity contribution is 0.559. The molecule has 2 aromatic rings. The zero-order chi connectivity index (χ0) is 9.38. The minimum Gasteiger partial charge on any atom is -0.472 e. The Morgan fingerprint density at radius 2 is 2.43 bits per heavy atom. The van der Waals surface area contributed by atoms with E-state index < -0.39 is 0 Å². The van der Waals surface area contributed by atoms with Gasteiger partial charge in [0.25, 0.3) is 0 Å². The van der Waals surface area contributed by atoms with Crippen molar-refractivity contribution in [2.45, 2.75) is 19.4 Å². The molecule has 3 rings (SSSR count). The van der Waals surface area contributed by atoms with Crippen LogP contribution in [0, 0.1) is 5.92 Å². The molecule has 0 radical (unpaired) electrons. The van der Waals surface area contributed by atoms with Crippen LogP contribution in [0.25, 0.3) is 11.4 Å². The summed E-state index contributed by atoms with van der Waals surface area (Å²) in [7, 11) is 0. The highest BCUT2D eigenvalue weighted by molar-refractivity contribution is 5.52. The zero-order valence-electron chi connectivity index (χ0n) is 7.76. The third-order valence-corrected chi connectivity index (χ3v) is 2.52. The fourth-order valence-corrected chi connectivity index (χ4v) is 1.56. The number of aromatic nitrogens is 3. The van der Waals surface area contributed by atoms with Crippen molar-refractivity contribution in [3.8, 4) is 11.4 Å². The number of rotatable bonds is 3. The third-order valence-electron chi connectivity index (χ3n) is 2.52. The summed E-state index contributed by atoms with van der Waals surface area (Å²) in [4.78, 5) is 4.23. The predicted molar refractivity (Wildman–Crippen MR) is 50.4 cm³/mol. The van der Waals surface area contributed by atoms with E-state index >= 15 is 0 Å². The average Bonchev–Trinajstić information content (AvgIpc) is 2.68. The Morgan fingerprint density at radius 1 is 1.50 bits per heavy atom. The van der Waals surface area contributed by atoms with Crippen LogP contribution in [0.3, 0.4) is 0 Å². The van der Waals surface area contributed by atoms with Gasteiger partial charge in [0, 0.05) is 6.54 Å². The highest BCUT2D eigenvalue weighted by Gasteiger charge is 2.23. The summed E-state index contributed by atoms with van der Waals surface area (Å²) in [6.07, 6.45) is 7.61. The van der Waals surface area contributed by atoms with Crippen molar-refractivity contribution in [3.05, 3.63) is 24.9 Å². The van der Waals surface area contributed by atoms with Crippen molar-refractivity contribution in [1.29, 1.82) is 0 Å². The molecule has 1 aliphatic carbocycles. The first-order valence-electron chi connectivity index (χ1n) is 4.84. The number of hydrogen-bond donors (Lipinski definition) is 0. The molecule has 2 aromatic heterocycles. The average molecular weight is 189 g/mol. The van der Waals surface area contributed by atoms with E-state index in [1.165, 1.54) is 12.8 Å². The highest BCUT2D eigenvalue weighted by Crippen LogP contribution is 2.31. The molecule has 1 saturated carbocycles. The Kier molecular flexibility index (Phi) is 1.65. The molecule has 4 nitrogen and oxygen atoms in total. The van der Waals surface area contributed by atoms with E-state index in [1.54, 1.807) is 18.9 Å². The van der Waals surface area contributed by atoms with E-state index in [9.17, 15) is 0 Å². The fourth-order valence-electron chi connectivity index (χ4n) is 1.56. The summed E-state index contributed by atoms with van der Waals surface area (Å²) in [6, 6.07) is 1.91. The topological polar surface area (TPSA) is 43.9 Å². The van der Waals surface area contributed by atoms with Crippen LogP contribution in [0.2, 0.25) is 0 Å². The summed E-state index contributed by atoms with van der Waals surface area (Å²) in [5.74, 6) is 1.72. The standard InChI is InChI=1S/C10H11N3O/c1-2-8(1)5-13-10(11-7-12-13)9-3-4-14-6-9/h3-4,6-8H,1-2,5H2. The summed E-state index contributed by atoms with van der Waals surface area (Å²) >= 11 is 0. The van der Waals surface area contributed by atoms with Crippen LogP contribution < -0.4 is 0 Å². The van der Waals surface area contributed by atoms with Crippen LogP contribution in [0.4, 0.5) is 0 Å². The summed E-state index contributed by atoms with van der Waals surface area (Å²) in [6.45, 7) is 0.987. The van der Waals surface area contributed by atoms with Gasteiger partial charge in [-0.1, -0.05) is 0 Å². The van der Waals surface area contributed by atoms with Crippen molar-refractivity contribution in [3.63, 3.8) is 0 Å². The van der Waals surface area contributed by atoms with Gasteiger partial charge in [0.15, 0.2) is 5.82 Å². The Balaban J connectivity index is 1.92. The summed E-state index contributed by atoms with van der Waals surface area (Å²) in [5, 5.41) is 4.22. The molecule has 0 spiro atoms. The maximum Gasteiger partial charge on any atom is 0.161 e. The molecule has 2 heterocycles. The first-order valence-corrected chi connectivity index (χ1v) is 4.84. The van der Waals surface area contributed by atoms with Gasteiger partial charge < -0.3 is 4.42 Å². The van der Waals surface area contributed by atoms with Crippen LogP contribution in [-0.4, -0.2) is 14.8 Å². The Hall–Kier alpha value is -1.58. The first-order chi connectivity index (χ1) is 6.93. The second kappa shape index (κ2) is 2.97. The van der Waals surface area contributed by atoms with Gasteiger partial charge in [-0.2, -0.15) is 5.10 Å². The maximum atomic E-state index is 5.03. The van der Waals surface area contributed by atoms with Gasteiger partial charge in [-0.15, -0.1) is 0 Å². The second-order valence-corrected chi connectivity index (χ2v) is 3.72. The maximum absolute atomic E-state index is 5.03. The molecule has 0 aromatic carbocycles. The van der Waals surface area contributed by atoms with Crippen molar-refractivity contribution < 1.29 is 4.42 Å². The molecular formula is C10H11N3O. The molecule has 0 unspecified atom stereocenters. The third kappa shape index (κ3) is 1.32. The SMILES string of the molecule is c1nc(-c2ccoc2)n(CC2CC2)n1. The molecule has 4 heteroatoms. The van der Waals surface area contributed by atoms with Crippen LogP contribution in [0.1, 0.15) is 12.8 Å². The van der Waals surface area contributed by atoms with Crippen molar-refractivity contribution in [2.24, 2.45) is 5.92 Å². The largest absolute Gasteiger partial charge is 0.472 e. The van der Waals surface area contributed by atoms with E-state index in [0.717, 1.165) is 23.9 Å². The van der Waals surface area contributed by atoms with Crippen LogP contribution in [0.15, 0.2) is 29.3 Å². The van der Waals surface area contributed by atoms with Gasteiger partial charge >= 0.3 is 0 Å². The first kappa shape index (κ1) is 7.79. The molecule has 72 valence electrons. The van der Waals surface area contributed by atoms with Gasteiger partial charge in [0.05, 0.1) is 11.8 Å². The minimum absolute atomic E-state index is 0.808. The van der Waals surface area contributed by atoms with Crippen LogP contribution in [-0.2, 0) is 6.54 Å². The van der Waals surface area contributed by atoms with E-state index in [1.807, 2.05) is 10.7 Å². The Morgan fingerprint density at radius 3 is 3.14 bits per heavy atom.